The van der Waals surface area contributed by atoms with Gasteiger partial charge in [-0.2, -0.15) is 8.42 Å². The molecule has 0 aliphatic rings. The van der Waals surface area contributed by atoms with Crippen LogP contribution < -0.4 is 10.5 Å². The second-order valence-electron chi connectivity index (χ2n) is 6.37. The Morgan fingerprint density at radius 2 is 1.56 bits per heavy atom. The third-order valence-electron chi connectivity index (χ3n) is 4.04. The van der Waals surface area contributed by atoms with E-state index in [1.165, 1.54) is 37.8 Å². The molecule has 0 aliphatic carbocycles. The van der Waals surface area contributed by atoms with Gasteiger partial charge in [0.25, 0.3) is 0 Å². The minimum atomic E-state index is -4.02. The van der Waals surface area contributed by atoms with Crippen molar-refractivity contribution in [2.24, 2.45) is 5.73 Å². The quantitative estimate of drug-likeness (QED) is 0.379. The average Bonchev–Trinajstić information content (AvgIpc) is 2.66. The normalized spacial score (nSPS) is 11.6. The lowest BCUT2D eigenvalue weighted by atomic mass is 10.2. The predicted molar refractivity (Wildman–Crippen MR) is 106 cm³/mol. The molecule has 0 amide bonds. The average molecular weight is 401 g/mol. The van der Waals surface area contributed by atoms with Crippen LogP contribution in [0.25, 0.3) is 0 Å². The highest BCUT2D eigenvalue weighted by Gasteiger charge is 2.16. The summed E-state index contributed by atoms with van der Waals surface area (Å²) in [6, 6.07) is 6.19. The summed E-state index contributed by atoms with van der Waals surface area (Å²) in [5.74, 6) is -1.07. The third kappa shape index (κ3) is 9.74. The van der Waals surface area contributed by atoms with Gasteiger partial charge in [-0.15, -0.1) is 0 Å². The van der Waals surface area contributed by atoms with Crippen LogP contribution in [0.4, 0.5) is 0 Å². The minimum absolute atomic E-state index is 0.129. The Balaban J connectivity index is 2.41. The van der Waals surface area contributed by atoms with Crippen LogP contribution in [0, 0.1) is 0 Å². The summed E-state index contributed by atoms with van der Waals surface area (Å²) in [6.45, 7) is 8.23. The van der Waals surface area contributed by atoms with Crippen molar-refractivity contribution < 1.29 is 22.1 Å². The van der Waals surface area contributed by atoms with Crippen molar-refractivity contribution in [2.75, 3.05) is 32.1 Å². The summed E-state index contributed by atoms with van der Waals surface area (Å²) in [5.41, 5.74) is 5.14. The van der Waals surface area contributed by atoms with Gasteiger partial charge in [-0.1, -0.05) is 26.7 Å². The maximum absolute atomic E-state index is 11.7. The molecule has 0 saturated carbocycles. The monoisotopic (exact) mass is 400 g/mol. The number of carbonyl (C=O) groups excluding carboxylic acids is 1. The number of hydrogen-bond donors (Lipinski definition) is 1. The van der Waals surface area contributed by atoms with Crippen LogP contribution in [0.15, 0.2) is 24.3 Å². The van der Waals surface area contributed by atoms with Crippen LogP contribution in [0.2, 0.25) is 0 Å². The Morgan fingerprint density at radius 1 is 1.00 bits per heavy atom. The zero-order valence-corrected chi connectivity index (χ0v) is 17.2. The molecule has 1 aromatic carbocycles. The van der Waals surface area contributed by atoms with Gasteiger partial charge in [-0.05, 0) is 56.6 Å². The standard InChI is InChI=1S/C19H32N2O5S/c1-3-5-12-21(13-6-4-2)14-7-15-25-18-10-8-17(9-11-18)19(22)26-27(23,24)16-20/h8-11H,3-7,12-16,20H2,1-2H3. The lowest BCUT2D eigenvalue weighted by Crippen LogP contribution is -2.28. The van der Waals surface area contributed by atoms with Gasteiger partial charge in [-0.25, -0.2) is 4.79 Å². The van der Waals surface area contributed by atoms with Crippen LogP contribution in [-0.4, -0.2) is 51.4 Å². The summed E-state index contributed by atoms with van der Waals surface area (Å²) >= 11 is 0. The third-order valence-corrected chi connectivity index (χ3v) is 4.85. The Morgan fingerprint density at radius 3 is 2.07 bits per heavy atom. The SMILES string of the molecule is CCCCN(CCCC)CCCOc1ccc(C(=O)OS(=O)(=O)CN)cc1. The molecule has 27 heavy (non-hydrogen) atoms. The summed E-state index contributed by atoms with van der Waals surface area (Å²) in [7, 11) is -4.02. The van der Waals surface area contributed by atoms with Crippen molar-refractivity contribution in [3.8, 4) is 5.75 Å². The summed E-state index contributed by atoms with van der Waals surface area (Å²) in [4.78, 5) is 14.2. The molecule has 0 spiro atoms. The van der Waals surface area contributed by atoms with Gasteiger partial charge in [0.1, 0.15) is 11.6 Å². The molecule has 0 aliphatic heterocycles. The van der Waals surface area contributed by atoms with Crippen molar-refractivity contribution in [3.63, 3.8) is 0 Å². The Labute approximate surface area is 162 Å². The Kier molecular flexibility index (Phi) is 11.0. The predicted octanol–water partition coefficient (Wildman–Crippen LogP) is 2.76. The fourth-order valence-corrected chi connectivity index (χ4v) is 2.86. The van der Waals surface area contributed by atoms with Crippen LogP contribution in [-0.2, 0) is 14.3 Å². The van der Waals surface area contributed by atoms with Crippen LogP contribution in [0.5, 0.6) is 5.75 Å². The molecule has 0 unspecified atom stereocenters. The van der Waals surface area contributed by atoms with Gasteiger partial charge in [0.05, 0.1) is 12.2 Å². The number of benzene rings is 1. The molecule has 8 heteroatoms. The number of unbranched alkanes of at least 4 members (excludes halogenated alkanes) is 2. The largest absolute Gasteiger partial charge is 0.494 e. The molecule has 0 fully saturated rings. The molecule has 0 bridgehead atoms. The van der Waals surface area contributed by atoms with Gasteiger partial charge >= 0.3 is 16.1 Å². The first kappa shape index (κ1) is 23.4. The molecule has 154 valence electrons. The van der Waals surface area contributed by atoms with E-state index >= 15 is 0 Å². The summed E-state index contributed by atoms with van der Waals surface area (Å²) < 4.78 is 32.5. The van der Waals surface area contributed by atoms with E-state index in [0.717, 1.165) is 26.1 Å². The molecule has 0 aromatic heterocycles. The smallest absolute Gasteiger partial charge is 0.353 e. The van der Waals surface area contributed by atoms with Crippen molar-refractivity contribution in [3.05, 3.63) is 29.8 Å². The van der Waals surface area contributed by atoms with E-state index in [1.54, 1.807) is 12.1 Å². The number of ether oxygens (including phenoxy) is 1. The Bertz CT molecular complexity index is 639. The highest BCUT2D eigenvalue weighted by molar-refractivity contribution is 7.87. The van der Waals surface area contributed by atoms with Gasteiger partial charge in [0.15, 0.2) is 0 Å². The number of hydrogen-bond acceptors (Lipinski definition) is 7. The van der Waals surface area contributed by atoms with Crippen LogP contribution >= 0.6 is 0 Å². The van der Waals surface area contributed by atoms with Crippen LogP contribution in [0.3, 0.4) is 0 Å². The van der Waals surface area contributed by atoms with Gasteiger partial charge < -0.3 is 19.6 Å². The van der Waals surface area contributed by atoms with E-state index in [0.29, 0.717) is 12.4 Å². The van der Waals surface area contributed by atoms with E-state index in [9.17, 15) is 13.2 Å². The lowest BCUT2D eigenvalue weighted by Gasteiger charge is -2.21. The molecular weight excluding hydrogens is 368 g/mol. The topological polar surface area (TPSA) is 98.9 Å². The summed E-state index contributed by atoms with van der Waals surface area (Å²) in [5, 5.41) is 0. The molecule has 1 rings (SSSR count). The molecule has 0 saturated heterocycles. The van der Waals surface area contributed by atoms with Crippen molar-refractivity contribution >= 4 is 16.1 Å². The van der Waals surface area contributed by atoms with E-state index in [1.807, 2.05) is 0 Å². The molecule has 7 nitrogen and oxygen atoms in total. The fourth-order valence-electron chi connectivity index (χ4n) is 2.46. The fraction of sp³-hybridized carbons (Fsp3) is 0.632. The highest BCUT2D eigenvalue weighted by atomic mass is 32.2. The van der Waals surface area contributed by atoms with Gasteiger partial charge in [0.2, 0.25) is 0 Å². The van der Waals surface area contributed by atoms with Crippen molar-refractivity contribution in [1.29, 1.82) is 0 Å². The highest BCUT2D eigenvalue weighted by Crippen LogP contribution is 2.14. The molecular formula is C19H32N2O5S. The van der Waals surface area contributed by atoms with E-state index in [4.69, 9.17) is 10.5 Å². The summed E-state index contributed by atoms with van der Waals surface area (Å²) in [6.07, 6.45) is 5.73. The zero-order chi connectivity index (χ0) is 20.1. The Hall–Kier alpha value is -1.64. The van der Waals surface area contributed by atoms with E-state index in [2.05, 4.69) is 22.9 Å². The first-order valence-corrected chi connectivity index (χ1v) is 11.1. The second kappa shape index (κ2) is 12.7. The maximum Gasteiger partial charge on any atom is 0.353 e. The number of nitrogens with two attached hydrogens (primary N) is 1. The lowest BCUT2D eigenvalue weighted by molar-refractivity contribution is 0.0747. The molecule has 0 heterocycles. The number of rotatable bonds is 14. The minimum Gasteiger partial charge on any atom is -0.494 e. The van der Waals surface area contributed by atoms with Crippen molar-refractivity contribution in [1.82, 2.24) is 4.90 Å². The maximum atomic E-state index is 11.7. The molecule has 0 radical (unpaired) electrons. The van der Waals surface area contributed by atoms with Gasteiger partial charge in [0, 0.05) is 6.54 Å². The molecule has 2 N–H and O–H groups in total. The first-order valence-electron chi connectivity index (χ1n) is 9.53. The first-order chi connectivity index (χ1) is 12.9. The molecule has 1 aromatic rings. The van der Waals surface area contributed by atoms with E-state index in [-0.39, 0.29) is 5.56 Å². The van der Waals surface area contributed by atoms with Gasteiger partial charge in [-0.3, -0.25) is 0 Å². The number of nitrogens with zero attached hydrogens (tertiary/aromatic N) is 1. The van der Waals surface area contributed by atoms with Crippen LogP contribution in [0.1, 0.15) is 56.3 Å². The second-order valence-corrected chi connectivity index (χ2v) is 7.99. The van der Waals surface area contributed by atoms with Crippen molar-refractivity contribution in [2.45, 2.75) is 46.0 Å². The number of carbonyl (C=O) groups is 1. The zero-order valence-electron chi connectivity index (χ0n) is 16.4. The molecule has 0 atom stereocenters. The van der Waals surface area contributed by atoms with E-state index < -0.39 is 22.0 Å².